The molecular formula is C16H17N3O. The van der Waals surface area contributed by atoms with Gasteiger partial charge in [0.25, 0.3) is 0 Å². The Labute approximate surface area is 118 Å². The number of carbonyl (C=O) groups is 1. The van der Waals surface area contributed by atoms with Crippen LogP contribution in [0.2, 0.25) is 0 Å². The molecule has 2 amide bonds. The number of fused-ring (bicyclic) bond motifs is 1. The van der Waals surface area contributed by atoms with Crippen LogP contribution in [0.25, 0.3) is 0 Å². The van der Waals surface area contributed by atoms with Crippen LogP contribution in [0.1, 0.15) is 29.2 Å². The Balaban J connectivity index is 1.55. The van der Waals surface area contributed by atoms with Crippen molar-refractivity contribution in [1.29, 1.82) is 0 Å². The Morgan fingerprint density at radius 2 is 2.00 bits per heavy atom. The minimum Gasteiger partial charge on any atom is -0.334 e. The molecule has 1 aliphatic carbocycles. The predicted octanol–water partition coefficient (Wildman–Crippen LogP) is 2.57. The second-order valence-corrected chi connectivity index (χ2v) is 4.97. The van der Waals surface area contributed by atoms with E-state index in [4.69, 9.17) is 0 Å². The molecule has 4 heteroatoms. The van der Waals surface area contributed by atoms with Crippen molar-refractivity contribution in [2.45, 2.75) is 25.4 Å². The van der Waals surface area contributed by atoms with Crippen LogP contribution in [0, 0.1) is 0 Å². The van der Waals surface area contributed by atoms with Gasteiger partial charge in [0, 0.05) is 18.9 Å². The summed E-state index contributed by atoms with van der Waals surface area (Å²) in [7, 11) is 0. The van der Waals surface area contributed by atoms with Crippen molar-refractivity contribution >= 4 is 6.03 Å². The highest BCUT2D eigenvalue weighted by atomic mass is 16.2. The van der Waals surface area contributed by atoms with Gasteiger partial charge in [0.1, 0.15) is 0 Å². The second-order valence-electron chi connectivity index (χ2n) is 4.97. The minimum absolute atomic E-state index is 0.122. The molecule has 0 saturated heterocycles. The molecule has 1 atom stereocenters. The summed E-state index contributed by atoms with van der Waals surface area (Å²) in [6.07, 6.45) is 5.46. The van der Waals surface area contributed by atoms with Gasteiger partial charge in [-0.15, -0.1) is 0 Å². The Kier molecular flexibility index (Phi) is 3.63. The number of amides is 2. The molecular weight excluding hydrogens is 250 g/mol. The molecule has 102 valence electrons. The summed E-state index contributed by atoms with van der Waals surface area (Å²) in [6, 6.07) is 12.1. The molecule has 2 N–H and O–H groups in total. The summed E-state index contributed by atoms with van der Waals surface area (Å²) >= 11 is 0. The molecule has 2 aromatic rings. The number of hydrogen-bond acceptors (Lipinski definition) is 2. The van der Waals surface area contributed by atoms with Crippen molar-refractivity contribution in [3.8, 4) is 0 Å². The maximum Gasteiger partial charge on any atom is 0.315 e. The molecule has 1 heterocycles. The van der Waals surface area contributed by atoms with E-state index in [9.17, 15) is 4.79 Å². The van der Waals surface area contributed by atoms with E-state index in [1.54, 1.807) is 12.4 Å². The van der Waals surface area contributed by atoms with E-state index < -0.39 is 0 Å². The number of hydrogen-bond donors (Lipinski definition) is 2. The van der Waals surface area contributed by atoms with Crippen LogP contribution in [0.3, 0.4) is 0 Å². The number of aryl methyl sites for hydroxylation is 1. The van der Waals surface area contributed by atoms with Gasteiger partial charge >= 0.3 is 6.03 Å². The van der Waals surface area contributed by atoms with Crippen LogP contribution < -0.4 is 10.6 Å². The highest BCUT2D eigenvalue weighted by molar-refractivity contribution is 5.74. The molecule has 0 aliphatic heterocycles. The first-order valence-electron chi connectivity index (χ1n) is 6.84. The zero-order valence-electron chi connectivity index (χ0n) is 11.2. The highest BCUT2D eigenvalue weighted by Gasteiger charge is 2.22. The number of rotatable bonds is 3. The topological polar surface area (TPSA) is 54.0 Å². The molecule has 20 heavy (non-hydrogen) atoms. The molecule has 0 fully saturated rings. The summed E-state index contributed by atoms with van der Waals surface area (Å²) in [5, 5.41) is 5.92. The van der Waals surface area contributed by atoms with Crippen LogP contribution >= 0.6 is 0 Å². The molecule has 1 unspecified atom stereocenters. The van der Waals surface area contributed by atoms with Crippen LogP contribution in [0.5, 0.6) is 0 Å². The van der Waals surface area contributed by atoms with Crippen molar-refractivity contribution in [3.05, 3.63) is 65.5 Å². The predicted molar refractivity (Wildman–Crippen MR) is 77.1 cm³/mol. The van der Waals surface area contributed by atoms with Gasteiger partial charge in [-0.2, -0.15) is 0 Å². The van der Waals surface area contributed by atoms with E-state index >= 15 is 0 Å². The fraction of sp³-hybridized carbons (Fsp3) is 0.250. The summed E-state index contributed by atoms with van der Waals surface area (Å²) in [6.45, 7) is 0.517. The first-order valence-corrected chi connectivity index (χ1v) is 6.84. The Morgan fingerprint density at radius 3 is 2.85 bits per heavy atom. The standard InChI is InChI=1S/C16H17N3O/c20-16(18-11-12-7-9-17-10-8-12)19-15-6-5-13-3-1-2-4-14(13)15/h1-4,7-10,15H,5-6,11H2,(H2,18,19,20). The van der Waals surface area contributed by atoms with E-state index in [1.807, 2.05) is 24.3 Å². The number of carbonyl (C=O) groups excluding carboxylic acids is 1. The zero-order valence-corrected chi connectivity index (χ0v) is 11.2. The lowest BCUT2D eigenvalue weighted by Crippen LogP contribution is -2.36. The summed E-state index contributed by atoms with van der Waals surface area (Å²) < 4.78 is 0. The average Bonchev–Trinajstić information content (AvgIpc) is 2.90. The van der Waals surface area contributed by atoms with Crippen LogP contribution in [-0.4, -0.2) is 11.0 Å². The molecule has 0 spiro atoms. The fourth-order valence-electron chi connectivity index (χ4n) is 2.60. The van der Waals surface area contributed by atoms with Crippen molar-refractivity contribution in [1.82, 2.24) is 15.6 Å². The van der Waals surface area contributed by atoms with Crippen molar-refractivity contribution in [2.75, 3.05) is 0 Å². The quantitative estimate of drug-likeness (QED) is 0.898. The number of aromatic nitrogens is 1. The van der Waals surface area contributed by atoms with Crippen molar-refractivity contribution in [2.24, 2.45) is 0 Å². The zero-order chi connectivity index (χ0) is 13.8. The molecule has 3 rings (SSSR count). The van der Waals surface area contributed by atoms with E-state index in [0.717, 1.165) is 18.4 Å². The lowest BCUT2D eigenvalue weighted by Gasteiger charge is -2.14. The highest BCUT2D eigenvalue weighted by Crippen LogP contribution is 2.30. The lowest BCUT2D eigenvalue weighted by molar-refractivity contribution is 0.236. The Hall–Kier alpha value is -2.36. The molecule has 0 bridgehead atoms. The molecule has 4 nitrogen and oxygen atoms in total. The molecule has 1 aliphatic rings. The van der Waals surface area contributed by atoms with Crippen LogP contribution in [-0.2, 0) is 13.0 Å². The van der Waals surface area contributed by atoms with Crippen molar-refractivity contribution in [3.63, 3.8) is 0 Å². The molecule has 0 saturated carbocycles. The normalized spacial score (nSPS) is 16.5. The molecule has 1 aromatic heterocycles. The minimum atomic E-state index is -0.122. The summed E-state index contributed by atoms with van der Waals surface area (Å²) in [5.74, 6) is 0. The third-order valence-corrected chi connectivity index (χ3v) is 3.64. The second kappa shape index (κ2) is 5.74. The number of nitrogens with zero attached hydrogens (tertiary/aromatic N) is 1. The van der Waals surface area contributed by atoms with Gasteiger partial charge in [0.05, 0.1) is 6.04 Å². The number of benzene rings is 1. The Bertz CT molecular complexity index is 598. The van der Waals surface area contributed by atoms with Gasteiger partial charge in [-0.1, -0.05) is 24.3 Å². The van der Waals surface area contributed by atoms with Crippen LogP contribution in [0.4, 0.5) is 4.79 Å². The van der Waals surface area contributed by atoms with Gasteiger partial charge in [-0.25, -0.2) is 4.79 Å². The van der Waals surface area contributed by atoms with E-state index in [1.165, 1.54) is 11.1 Å². The van der Waals surface area contributed by atoms with Gasteiger partial charge < -0.3 is 10.6 Å². The fourth-order valence-corrected chi connectivity index (χ4v) is 2.60. The number of nitrogens with one attached hydrogen (secondary N) is 2. The number of pyridine rings is 1. The van der Waals surface area contributed by atoms with Gasteiger partial charge in [0.15, 0.2) is 0 Å². The summed E-state index contributed by atoms with van der Waals surface area (Å²) in [5.41, 5.74) is 3.63. The first kappa shape index (κ1) is 12.7. The number of urea groups is 1. The monoisotopic (exact) mass is 267 g/mol. The molecule has 1 aromatic carbocycles. The molecule has 0 radical (unpaired) electrons. The van der Waals surface area contributed by atoms with Crippen molar-refractivity contribution < 1.29 is 4.79 Å². The maximum absolute atomic E-state index is 11.9. The van der Waals surface area contributed by atoms with Gasteiger partial charge in [-0.3, -0.25) is 4.98 Å². The van der Waals surface area contributed by atoms with E-state index in [2.05, 4.69) is 27.8 Å². The van der Waals surface area contributed by atoms with Crippen LogP contribution in [0.15, 0.2) is 48.8 Å². The van der Waals surface area contributed by atoms with E-state index in [0.29, 0.717) is 6.54 Å². The average molecular weight is 267 g/mol. The summed E-state index contributed by atoms with van der Waals surface area (Å²) in [4.78, 5) is 15.9. The maximum atomic E-state index is 11.9. The van der Waals surface area contributed by atoms with Gasteiger partial charge in [0.2, 0.25) is 0 Å². The third kappa shape index (κ3) is 2.79. The smallest absolute Gasteiger partial charge is 0.315 e. The SMILES string of the molecule is O=C(NCc1ccncc1)NC1CCc2ccccc21. The lowest BCUT2D eigenvalue weighted by atomic mass is 10.1. The Morgan fingerprint density at radius 1 is 1.20 bits per heavy atom. The van der Waals surface area contributed by atoms with E-state index in [-0.39, 0.29) is 12.1 Å². The largest absolute Gasteiger partial charge is 0.334 e. The third-order valence-electron chi connectivity index (χ3n) is 3.64. The first-order chi connectivity index (χ1) is 9.83. The van der Waals surface area contributed by atoms with Gasteiger partial charge in [-0.05, 0) is 41.7 Å².